The van der Waals surface area contributed by atoms with Crippen LogP contribution in [0.4, 0.5) is 8.78 Å². The van der Waals surface area contributed by atoms with Crippen molar-refractivity contribution < 1.29 is 18.1 Å². The number of benzene rings is 2. The monoisotopic (exact) mass is 341 g/mol. The fourth-order valence-electron chi connectivity index (χ4n) is 2.74. The molecule has 25 heavy (non-hydrogen) atoms. The number of aromatic nitrogens is 2. The van der Waals surface area contributed by atoms with Gasteiger partial charge in [-0.2, -0.15) is 4.98 Å². The zero-order valence-corrected chi connectivity index (χ0v) is 13.0. The molecule has 0 radical (unpaired) electrons. The third-order valence-electron chi connectivity index (χ3n) is 4.15. The van der Waals surface area contributed by atoms with Crippen molar-refractivity contribution in [2.24, 2.45) is 0 Å². The summed E-state index contributed by atoms with van der Waals surface area (Å²) >= 11 is 0. The zero-order valence-electron chi connectivity index (χ0n) is 13.0. The molecule has 2 aromatic carbocycles. The van der Waals surface area contributed by atoms with E-state index in [1.807, 2.05) is 30.3 Å². The van der Waals surface area contributed by atoms with Gasteiger partial charge in [-0.05, 0) is 12.1 Å². The second-order valence-electron chi connectivity index (χ2n) is 5.85. The molecule has 4 rings (SSSR count). The lowest BCUT2D eigenvalue weighted by Crippen LogP contribution is -2.48. The summed E-state index contributed by atoms with van der Waals surface area (Å²) in [5, 5.41) is 3.95. The van der Waals surface area contributed by atoms with Gasteiger partial charge in [0, 0.05) is 24.7 Å². The Labute approximate surface area is 141 Å². The summed E-state index contributed by atoms with van der Waals surface area (Å²) in [5.74, 6) is -1.20. The van der Waals surface area contributed by atoms with Crippen LogP contribution in [-0.4, -0.2) is 34.0 Å². The van der Waals surface area contributed by atoms with E-state index in [-0.39, 0.29) is 11.5 Å². The first-order valence-corrected chi connectivity index (χ1v) is 7.75. The van der Waals surface area contributed by atoms with Crippen molar-refractivity contribution in [2.45, 2.75) is 5.92 Å². The number of hydrogen-bond acceptors (Lipinski definition) is 4. The van der Waals surface area contributed by atoms with E-state index in [0.717, 1.165) is 17.7 Å². The maximum Gasteiger partial charge on any atom is 0.256 e. The number of likely N-dealkylation sites (tertiary alicyclic amines) is 1. The molecule has 1 aliphatic rings. The lowest BCUT2D eigenvalue weighted by Gasteiger charge is -2.37. The maximum absolute atomic E-state index is 13.7. The van der Waals surface area contributed by atoms with Gasteiger partial charge in [0.15, 0.2) is 0 Å². The highest BCUT2D eigenvalue weighted by Crippen LogP contribution is 2.29. The van der Waals surface area contributed by atoms with Gasteiger partial charge in [-0.25, -0.2) is 8.78 Å². The molecule has 1 aliphatic heterocycles. The predicted molar refractivity (Wildman–Crippen MR) is 84.7 cm³/mol. The Morgan fingerprint density at radius 2 is 1.88 bits per heavy atom. The number of carbonyl (C=O) groups is 1. The SMILES string of the molecule is O=C(c1ccc(F)cc1F)N1CC(c2nc(-c3ccccc3)no2)C1. The highest BCUT2D eigenvalue weighted by Gasteiger charge is 2.36. The minimum Gasteiger partial charge on any atom is -0.339 e. The minimum atomic E-state index is -0.863. The normalized spacial score (nSPS) is 14.4. The van der Waals surface area contributed by atoms with E-state index in [9.17, 15) is 13.6 Å². The van der Waals surface area contributed by atoms with Crippen LogP contribution in [0.25, 0.3) is 11.4 Å². The van der Waals surface area contributed by atoms with E-state index in [2.05, 4.69) is 10.1 Å². The van der Waals surface area contributed by atoms with Crippen LogP contribution >= 0.6 is 0 Å². The molecular formula is C18H13F2N3O2. The van der Waals surface area contributed by atoms with Crippen LogP contribution < -0.4 is 0 Å². The first-order valence-electron chi connectivity index (χ1n) is 7.75. The molecule has 1 aromatic heterocycles. The predicted octanol–water partition coefficient (Wildman–Crippen LogP) is 3.25. The third kappa shape index (κ3) is 2.88. The lowest BCUT2D eigenvalue weighted by atomic mass is 9.98. The van der Waals surface area contributed by atoms with Gasteiger partial charge in [0.1, 0.15) is 11.6 Å². The van der Waals surface area contributed by atoms with E-state index in [1.54, 1.807) is 0 Å². The second kappa shape index (κ2) is 6.08. The molecule has 1 saturated heterocycles. The molecule has 0 spiro atoms. The molecule has 0 bridgehead atoms. The molecule has 0 saturated carbocycles. The van der Waals surface area contributed by atoms with Gasteiger partial charge >= 0.3 is 0 Å². The minimum absolute atomic E-state index is 0.0857. The number of hydrogen-bond donors (Lipinski definition) is 0. The Morgan fingerprint density at radius 1 is 1.12 bits per heavy atom. The molecule has 126 valence electrons. The molecule has 1 fully saturated rings. The number of amides is 1. The summed E-state index contributed by atoms with van der Waals surface area (Å²) in [7, 11) is 0. The van der Waals surface area contributed by atoms with Crippen molar-refractivity contribution in [1.82, 2.24) is 15.0 Å². The van der Waals surface area contributed by atoms with Crippen LogP contribution in [0.1, 0.15) is 22.2 Å². The molecule has 2 heterocycles. The van der Waals surface area contributed by atoms with Crippen LogP contribution in [0.15, 0.2) is 53.1 Å². The first-order chi connectivity index (χ1) is 12.1. The average Bonchev–Trinajstić information content (AvgIpc) is 3.04. The fourth-order valence-corrected chi connectivity index (χ4v) is 2.74. The number of rotatable bonds is 3. The fraction of sp³-hybridized carbons (Fsp3) is 0.167. The lowest BCUT2D eigenvalue weighted by molar-refractivity contribution is 0.0564. The van der Waals surface area contributed by atoms with Crippen LogP contribution in [-0.2, 0) is 0 Å². The smallest absolute Gasteiger partial charge is 0.256 e. The quantitative estimate of drug-likeness (QED) is 0.734. The Kier molecular flexibility index (Phi) is 3.76. The van der Waals surface area contributed by atoms with E-state index in [4.69, 9.17) is 4.52 Å². The summed E-state index contributed by atoms with van der Waals surface area (Å²) in [6.45, 7) is 0.706. The third-order valence-corrected chi connectivity index (χ3v) is 4.15. The molecule has 0 aliphatic carbocycles. The summed E-state index contributed by atoms with van der Waals surface area (Å²) in [6.07, 6.45) is 0. The highest BCUT2D eigenvalue weighted by molar-refractivity contribution is 5.95. The van der Waals surface area contributed by atoms with Gasteiger partial charge in [-0.1, -0.05) is 35.5 Å². The number of carbonyl (C=O) groups excluding carboxylic acids is 1. The highest BCUT2D eigenvalue weighted by atomic mass is 19.1. The molecule has 0 unspecified atom stereocenters. The largest absolute Gasteiger partial charge is 0.339 e. The van der Waals surface area contributed by atoms with Crippen molar-refractivity contribution in [2.75, 3.05) is 13.1 Å². The van der Waals surface area contributed by atoms with Crippen molar-refractivity contribution in [3.63, 3.8) is 0 Å². The van der Waals surface area contributed by atoms with Crippen LogP contribution in [0.2, 0.25) is 0 Å². The standard InChI is InChI=1S/C18H13F2N3O2/c19-13-6-7-14(15(20)8-13)18(24)23-9-12(10-23)17-21-16(22-25-17)11-4-2-1-3-5-11/h1-8,12H,9-10H2. The summed E-state index contributed by atoms with van der Waals surface area (Å²) in [5.41, 5.74) is 0.702. The van der Waals surface area contributed by atoms with E-state index in [1.165, 1.54) is 4.90 Å². The molecular weight excluding hydrogens is 328 g/mol. The van der Waals surface area contributed by atoms with Gasteiger partial charge in [0.05, 0.1) is 11.5 Å². The number of nitrogens with zero attached hydrogens (tertiary/aromatic N) is 3. The Balaban J connectivity index is 1.44. The second-order valence-corrected chi connectivity index (χ2v) is 5.85. The summed E-state index contributed by atoms with van der Waals surface area (Å²) < 4.78 is 31.9. The van der Waals surface area contributed by atoms with E-state index >= 15 is 0 Å². The summed E-state index contributed by atoms with van der Waals surface area (Å²) in [4.78, 5) is 18.1. The van der Waals surface area contributed by atoms with Gasteiger partial charge in [0.25, 0.3) is 5.91 Å². The molecule has 5 nitrogen and oxygen atoms in total. The average molecular weight is 341 g/mol. The van der Waals surface area contributed by atoms with Crippen LogP contribution in [0.3, 0.4) is 0 Å². The van der Waals surface area contributed by atoms with Gasteiger partial charge < -0.3 is 9.42 Å². The Bertz CT molecular complexity index is 921. The van der Waals surface area contributed by atoms with Crippen molar-refractivity contribution in [3.8, 4) is 11.4 Å². The van der Waals surface area contributed by atoms with E-state index < -0.39 is 17.5 Å². The van der Waals surface area contributed by atoms with Crippen LogP contribution in [0.5, 0.6) is 0 Å². The molecule has 0 N–H and O–H groups in total. The zero-order chi connectivity index (χ0) is 17.4. The Hall–Kier alpha value is -3.09. The van der Waals surface area contributed by atoms with Gasteiger partial charge in [-0.3, -0.25) is 4.79 Å². The van der Waals surface area contributed by atoms with Gasteiger partial charge in [-0.15, -0.1) is 0 Å². The molecule has 3 aromatic rings. The topological polar surface area (TPSA) is 59.2 Å². The maximum atomic E-state index is 13.7. The summed E-state index contributed by atoms with van der Waals surface area (Å²) in [6, 6.07) is 12.3. The van der Waals surface area contributed by atoms with Crippen molar-refractivity contribution in [1.29, 1.82) is 0 Å². The van der Waals surface area contributed by atoms with Gasteiger partial charge in [0.2, 0.25) is 11.7 Å². The molecule has 7 heteroatoms. The van der Waals surface area contributed by atoms with Crippen molar-refractivity contribution >= 4 is 5.91 Å². The number of halogens is 2. The van der Waals surface area contributed by atoms with E-state index in [0.29, 0.717) is 30.9 Å². The Morgan fingerprint density at radius 3 is 2.60 bits per heavy atom. The first kappa shape index (κ1) is 15.4. The molecule has 0 atom stereocenters. The van der Waals surface area contributed by atoms with Crippen LogP contribution in [0, 0.1) is 11.6 Å². The van der Waals surface area contributed by atoms with Crippen molar-refractivity contribution in [3.05, 3.63) is 71.6 Å². The molecule has 1 amide bonds.